The van der Waals surface area contributed by atoms with Gasteiger partial charge < -0.3 is 43.8 Å². The van der Waals surface area contributed by atoms with Crippen molar-refractivity contribution in [2.75, 3.05) is 26.6 Å². The zero-order valence-corrected chi connectivity index (χ0v) is 42.1. The molecule has 12 heteroatoms. The Kier molecular flexibility index (Phi) is 15.7. The Balaban J connectivity index is 1.17. The summed E-state index contributed by atoms with van der Waals surface area (Å²) in [5.41, 5.74) is 5.73. The van der Waals surface area contributed by atoms with Crippen LogP contribution in [0.4, 0.5) is 0 Å². The van der Waals surface area contributed by atoms with E-state index in [-0.39, 0.29) is 97.2 Å². The maximum Gasteiger partial charge on any atom is 0.340 e. The van der Waals surface area contributed by atoms with Crippen LogP contribution < -0.4 is 10.4 Å². The summed E-state index contributed by atoms with van der Waals surface area (Å²) in [5, 5.41) is 41.7. The van der Waals surface area contributed by atoms with Crippen LogP contribution in [-0.4, -0.2) is 70.7 Å². The van der Waals surface area contributed by atoms with Crippen molar-refractivity contribution >= 4 is 22.9 Å². The highest BCUT2D eigenvalue weighted by molar-refractivity contribution is 5.90. The van der Waals surface area contributed by atoms with Crippen LogP contribution in [0, 0.1) is 23.7 Å². The van der Waals surface area contributed by atoms with Crippen molar-refractivity contribution in [1.82, 2.24) is 0 Å². The third-order valence-electron chi connectivity index (χ3n) is 16.5. The molecule has 1 fully saturated rings. The van der Waals surface area contributed by atoms with Crippen LogP contribution in [0.3, 0.4) is 0 Å². The van der Waals surface area contributed by atoms with Crippen LogP contribution in [0.2, 0.25) is 0 Å². The average Bonchev–Trinajstić information content (AvgIpc) is 3.43. The molecule has 12 nitrogen and oxygen atoms in total. The molecule has 0 unspecified atom stereocenters. The standard InChI is InChI=1S/C62H66O12/c1-38(34-64)48-21-18-40-19-22-49-44(30-40)14-8-9-27-62(47-16-6-3-7-17-47)59(73-60(48)68)58(56-53(74-62)25-24-51-52(35-65)55(61(69)72-57(51)56)45(26-28-63)36-70-37-66)71-54(67)33-46-32-43(20-23-50(46)49)42-15-10-13-41(31-42)29-39-11-4-2-5-12-39/h2,4-5,10-13,15,19-20,22-25,30-31,43,45-47,50,58-59,63-66H,3,6-7,14,16-18,21,26-29,32-37H2,1H3/b48-38-/t43-,45+,46-,50+,58+,59-,62-/m0/s1. The van der Waals surface area contributed by atoms with Gasteiger partial charge in [-0.2, -0.15) is 0 Å². The number of esters is 2. The minimum Gasteiger partial charge on any atom is -0.481 e. The maximum atomic E-state index is 15.4. The summed E-state index contributed by atoms with van der Waals surface area (Å²) in [5.74, 6) is 4.72. The van der Waals surface area contributed by atoms with Crippen molar-refractivity contribution in [3.63, 3.8) is 0 Å². The molecule has 5 aromatic rings. The summed E-state index contributed by atoms with van der Waals surface area (Å²) < 4.78 is 32.8. The van der Waals surface area contributed by atoms with Gasteiger partial charge in [0.25, 0.3) is 0 Å². The van der Waals surface area contributed by atoms with E-state index < -0.39 is 54.7 Å². The molecule has 2 aliphatic carbocycles. The van der Waals surface area contributed by atoms with Gasteiger partial charge in [0, 0.05) is 59.6 Å². The van der Waals surface area contributed by atoms with Gasteiger partial charge in [0.2, 0.25) is 0 Å². The number of aliphatic hydroxyl groups is 4. The first-order chi connectivity index (χ1) is 36.1. The molecule has 0 amide bonds. The van der Waals surface area contributed by atoms with Gasteiger partial charge in [-0.1, -0.05) is 116 Å². The third-order valence-corrected chi connectivity index (χ3v) is 16.5. The predicted molar refractivity (Wildman–Crippen MR) is 278 cm³/mol. The lowest BCUT2D eigenvalue weighted by molar-refractivity contribution is -0.204. The van der Waals surface area contributed by atoms with E-state index in [4.69, 9.17) is 23.4 Å². The molecule has 5 bridgehead atoms. The molecule has 4 heterocycles. The van der Waals surface area contributed by atoms with E-state index in [1.165, 1.54) is 11.1 Å². The minimum absolute atomic E-state index is 0.00487. The van der Waals surface area contributed by atoms with Crippen molar-refractivity contribution in [1.29, 1.82) is 0 Å². The number of hydrogen-bond acceptors (Lipinski definition) is 12. The SMILES string of the molecule is C/C(CO)=C1\CCc2ccc3c(c2)CC#CC[C@@]2(C4CCCCC4)Oc4ccc5c(CO)c([C@H](CCO)COCO)c(=O)oc5c4[C@@H](OC(=O)C[C@@H]4C[C@@H](c5cccc(Cc6ccccc6)c5)C=C[C@@H]34)[C@@H]2OC1=O. The summed E-state index contributed by atoms with van der Waals surface area (Å²) >= 11 is 0. The molecule has 4 N–H and O–H groups in total. The molecule has 0 saturated heterocycles. The van der Waals surface area contributed by atoms with Gasteiger partial charge in [0.15, 0.2) is 17.8 Å². The van der Waals surface area contributed by atoms with Gasteiger partial charge in [-0.15, -0.1) is 0 Å². The zero-order chi connectivity index (χ0) is 51.3. The van der Waals surface area contributed by atoms with Crippen LogP contribution in [0.25, 0.3) is 11.0 Å². The van der Waals surface area contributed by atoms with Crippen molar-refractivity contribution in [2.45, 2.75) is 133 Å². The number of rotatable bonds is 12. The molecule has 4 aromatic carbocycles. The quantitative estimate of drug-likeness (QED) is 0.0233. The molecular formula is C62H66O12. The van der Waals surface area contributed by atoms with Crippen LogP contribution in [0.15, 0.2) is 117 Å². The topological polar surface area (TPSA) is 182 Å². The maximum absolute atomic E-state index is 15.4. The van der Waals surface area contributed by atoms with E-state index >= 15 is 9.59 Å². The van der Waals surface area contributed by atoms with Gasteiger partial charge in [-0.25, -0.2) is 9.59 Å². The van der Waals surface area contributed by atoms with Gasteiger partial charge in [0.1, 0.15) is 18.1 Å². The first-order valence-corrected chi connectivity index (χ1v) is 26.4. The second-order valence-electron chi connectivity index (χ2n) is 20.9. The Bertz CT molecular complexity index is 3060. The van der Waals surface area contributed by atoms with E-state index in [0.29, 0.717) is 35.8 Å². The molecule has 386 valence electrons. The Morgan fingerprint density at radius 2 is 1.69 bits per heavy atom. The lowest BCUT2D eigenvalue weighted by Gasteiger charge is -2.51. The molecule has 5 aliphatic rings. The monoisotopic (exact) mass is 1000 g/mol. The molecule has 1 saturated carbocycles. The normalized spacial score (nSPS) is 25.0. The number of hydrogen-bond donors (Lipinski definition) is 4. The number of carbonyl (C=O) groups excluding carboxylic acids is 2. The lowest BCUT2D eigenvalue weighted by atomic mass is 9.68. The molecule has 0 radical (unpaired) electrons. The number of allylic oxidation sites excluding steroid dienone is 2. The number of aliphatic hydroxyl groups excluding tert-OH is 4. The largest absolute Gasteiger partial charge is 0.481 e. The highest BCUT2D eigenvalue weighted by atomic mass is 16.6. The predicted octanol–water partition coefficient (Wildman–Crippen LogP) is 9.25. The third kappa shape index (κ3) is 10.3. The van der Waals surface area contributed by atoms with Crippen LogP contribution >= 0.6 is 0 Å². The Morgan fingerprint density at radius 1 is 0.865 bits per heavy atom. The van der Waals surface area contributed by atoms with Gasteiger partial charge in [-0.05, 0) is 114 Å². The first-order valence-electron chi connectivity index (χ1n) is 26.4. The molecule has 74 heavy (non-hydrogen) atoms. The molecule has 10 rings (SSSR count). The van der Waals surface area contributed by atoms with E-state index in [2.05, 4.69) is 90.7 Å². The highest BCUT2D eigenvalue weighted by Gasteiger charge is 2.59. The van der Waals surface area contributed by atoms with Crippen molar-refractivity contribution < 1.29 is 53.4 Å². The van der Waals surface area contributed by atoms with Crippen LogP contribution in [-0.2, 0) is 49.7 Å². The Hall–Kier alpha value is -6.33. The van der Waals surface area contributed by atoms with E-state index in [9.17, 15) is 25.2 Å². The second kappa shape index (κ2) is 22.6. The molecule has 3 aliphatic heterocycles. The van der Waals surface area contributed by atoms with Crippen molar-refractivity contribution in [3.8, 4) is 17.6 Å². The fraction of sp³-hybridized carbons (Fsp3) is 0.435. The smallest absolute Gasteiger partial charge is 0.340 e. The summed E-state index contributed by atoms with van der Waals surface area (Å²) in [7, 11) is 0. The van der Waals surface area contributed by atoms with Crippen LogP contribution in [0.1, 0.15) is 145 Å². The highest BCUT2D eigenvalue weighted by Crippen LogP contribution is 2.54. The summed E-state index contributed by atoms with van der Waals surface area (Å²) in [4.78, 5) is 45.1. The molecule has 0 spiro atoms. The van der Waals surface area contributed by atoms with E-state index in [0.717, 1.165) is 60.8 Å². The molecular weight excluding hydrogens is 937 g/mol. The number of fused-ring (bicyclic) bond motifs is 9. The Morgan fingerprint density at radius 3 is 2.47 bits per heavy atom. The number of benzene rings is 4. The second-order valence-corrected chi connectivity index (χ2v) is 20.9. The minimum atomic E-state index is -1.39. The number of ether oxygens (including phenoxy) is 4. The Labute approximate surface area is 432 Å². The van der Waals surface area contributed by atoms with E-state index in [1.807, 2.05) is 6.07 Å². The molecule has 7 atom stereocenters. The fourth-order valence-corrected chi connectivity index (χ4v) is 12.7. The fourth-order valence-electron chi connectivity index (χ4n) is 12.7. The van der Waals surface area contributed by atoms with E-state index in [1.54, 1.807) is 19.1 Å². The first kappa shape index (κ1) is 51.2. The summed E-state index contributed by atoms with van der Waals surface area (Å²) in [6.07, 6.45) is 8.84. The van der Waals surface area contributed by atoms with Gasteiger partial charge in [0.05, 0.1) is 31.8 Å². The van der Waals surface area contributed by atoms with Crippen molar-refractivity contribution in [2.24, 2.45) is 11.8 Å². The number of aryl methyl sites for hydroxylation is 1. The summed E-state index contributed by atoms with van der Waals surface area (Å²) in [6, 6.07) is 28.9. The van der Waals surface area contributed by atoms with Crippen molar-refractivity contribution in [3.05, 3.63) is 169 Å². The van der Waals surface area contributed by atoms with Gasteiger partial charge >= 0.3 is 17.6 Å². The summed E-state index contributed by atoms with van der Waals surface area (Å²) in [6.45, 7) is -0.342. The number of carbonyl (C=O) groups is 2. The molecule has 1 aromatic heterocycles. The van der Waals surface area contributed by atoms with Crippen LogP contribution in [0.5, 0.6) is 5.75 Å². The lowest BCUT2D eigenvalue weighted by Crippen LogP contribution is -2.60. The zero-order valence-electron chi connectivity index (χ0n) is 42.1. The van der Waals surface area contributed by atoms with Gasteiger partial charge in [-0.3, -0.25) is 4.79 Å². The average molecular weight is 1000 g/mol.